The van der Waals surface area contributed by atoms with Gasteiger partial charge in [-0.2, -0.15) is 52.4 Å². The molecular formula is C21H45N4V. The predicted octanol–water partition coefficient (Wildman–Crippen LogP) is 6.98. The Morgan fingerprint density at radius 2 is 0.885 bits per heavy atom. The average Bonchev–Trinajstić information content (AvgIpc) is 3.11. The molecule has 154 valence electrons. The van der Waals surface area contributed by atoms with E-state index >= 15 is 0 Å². The third-order valence-corrected chi connectivity index (χ3v) is 3.06. The molecule has 4 nitrogen and oxygen atoms in total. The van der Waals surface area contributed by atoms with Gasteiger partial charge >= 0.3 is 46.4 Å². The summed E-state index contributed by atoms with van der Waals surface area (Å²) in [6.45, 7) is 24.1. The SMILES string of the molecule is CC[N-]CC.CC[N-]CC.CC[N-]CC.CC[N-]CC.[V+4][C]1=CC=CC1. The first kappa shape index (κ1) is 33.5. The number of hydrogen-bond donors (Lipinski definition) is 0. The molecular weight excluding hydrogens is 359 g/mol. The van der Waals surface area contributed by atoms with Gasteiger partial charge in [0, 0.05) is 0 Å². The van der Waals surface area contributed by atoms with Crippen molar-refractivity contribution < 1.29 is 17.4 Å². The van der Waals surface area contributed by atoms with Gasteiger partial charge in [-0.05, 0) is 0 Å². The summed E-state index contributed by atoms with van der Waals surface area (Å²) in [4.78, 5) is 0. The quantitative estimate of drug-likeness (QED) is 0.419. The number of nitrogens with zero attached hydrogens (tertiary/aromatic N) is 4. The van der Waals surface area contributed by atoms with Gasteiger partial charge in [0.1, 0.15) is 0 Å². The molecule has 1 rings (SSSR count). The summed E-state index contributed by atoms with van der Waals surface area (Å²) in [6.07, 6.45) is 7.47. The van der Waals surface area contributed by atoms with Gasteiger partial charge in [-0.25, -0.2) is 0 Å². The van der Waals surface area contributed by atoms with Gasteiger partial charge in [-0.15, -0.1) is 0 Å². The van der Waals surface area contributed by atoms with E-state index in [0.717, 1.165) is 58.8 Å². The first-order valence-corrected chi connectivity index (χ1v) is 10.8. The van der Waals surface area contributed by atoms with Crippen LogP contribution in [-0.2, 0) is 17.4 Å². The molecule has 0 unspecified atom stereocenters. The molecule has 0 radical (unpaired) electrons. The molecule has 1 aliphatic carbocycles. The molecule has 0 aromatic heterocycles. The van der Waals surface area contributed by atoms with Crippen LogP contribution in [0.3, 0.4) is 0 Å². The Hall–Kier alpha value is -0.0956. The van der Waals surface area contributed by atoms with E-state index < -0.39 is 0 Å². The topological polar surface area (TPSA) is 56.4 Å². The Balaban J connectivity index is -0.000000117. The maximum absolute atomic E-state index is 3.97. The molecule has 0 saturated heterocycles. The van der Waals surface area contributed by atoms with Crippen LogP contribution in [0.15, 0.2) is 22.5 Å². The first-order valence-electron chi connectivity index (χ1n) is 10.1. The van der Waals surface area contributed by atoms with Crippen molar-refractivity contribution in [2.45, 2.75) is 61.8 Å². The molecule has 5 heteroatoms. The van der Waals surface area contributed by atoms with Crippen molar-refractivity contribution in [3.05, 3.63) is 43.8 Å². The third-order valence-electron chi connectivity index (χ3n) is 2.54. The third kappa shape index (κ3) is 56.5. The van der Waals surface area contributed by atoms with E-state index in [1.165, 1.54) is 4.28 Å². The van der Waals surface area contributed by atoms with E-state index in [4.69, 9.17) is 0 Å². The van der Waals surface area contributed by atoms with Crippen LogP contribution in [-0.4, -0.2) is 52.4 Å². The van der Waals surface area contributed by atoms with Crippen molar-refractivity contribution in [2.75, 3.05) is 52.4 Å². The zero-order chi connectivity index (χ0) is 20.9. The predicted molar refractivity (Wildman–Crippen MR) is 120 cm³/mol. The van der Waals surface area contributed by atoms with E-state index in [-0.39, 0.29) is 0 Å². The van der Waals surface area contributed by atoms with E-state index in [1.54, 1.807) is 0 Å². The van der Waals surface area contributed by atoms with E-state index in [2.05, 4.69) is 56.9 Å². The van der Waals surface area contributed by atoms with Gasteiger partial charge in [-0.1, -0.05) is 55.4 Å². The van der Waals surface area contributed by atoms with Gasteiger partial charge in [0.25, 0.3) is 0 Å². The maximum atomic E-state index is 3.97. The summed E-state index contributed by atoms with van der Waals surface area (Å²) in [5, 5.41) is 15.9. The molecule has 0 spiro atoms. The molecule has 0 fully saturated rings. The number of hydrogen-bond acceptors (Lipinski definition) is 0. The minimum absolute atomic E-state index is 0.969. The second-order valence-electron chi connectivity index (χ2n) is 4.71. The normalized spacial score (nSPS) is 10.8. The van der Waals surface area contributed by atoms with Crippen molar-refractivity contribution in [3.63, 3.8) is 0 Å². The van der Waals surface area contributed by atoms with Gasteiger partial charge < -0.3 is 21.3 Å². The van der Waals surface area contributed by atoms with E-state index in [9.17, 15) is 0 Å². The molecule has 0 saturated carbocycles. The molecule has 0 N–H and O–H groups in total. The molecule has 0 aliphatic heterocycles. The summed E-state index contributed by atoms with van der Waals surface area (Å²) in [6, 6.07) is 0. The summed E-state index contributed by atoms with van der Waals surface area (Å²) in [5.74, 6) is 0. The molecule has 1 aliphatic rings. The van der Waals surface area contributed by atoms with Crippen LogP contribution in [0.25, 0.3) is 21.3 Å². The zero-order valence-corrected chi connectivity index (χ0v) is 20.2. The fourth-order valence-corrected chi connectivity index (χ4v) is 1.63. The van der Waals surface area contributed by atoms with Crippen LogP contribution in [0.2, 0.25) is 0 Å². The van der Waals surface area contributed by atoms with Crippen LogP contribution in [0.4, 0.5) is 0 Å². The Morgan fingerprint density at radius 1 is 0.615 bits per heavy atom. The fourth-order valence-electron chi connectivity index (χ4n) is 1.33. The van der Waals surface area contributed by atoms with Gasteiger partial charge in [0.15, 0.2) is 0 Å². The van der Waals surface area contributed by atoms with E-state index in [0.29, 0.717) is 0 Å². The first-order chi connectivity index (χ1) is 12.6. The van der Waals surface area contributed by atoms with E-state index in [1.807, 2.05) is 55.4 Å². The molecule has 0 aromatic carbocycles. The van der Waals surface area contributed by atoms with Crippen LogP contribution in [0.1, 0.15) is 61.8 Å². The van der Waals surface area contributed by atoms with Crippen LogP contribution >= 0.6 is 0 Å². The van der Waals surface area contributed by atoms with Crippen molar-refractivity contribution >= 4 is 0 Å². The van der Waals surface area contributed by atoms with Crippen LogP contribution in [0, 0.1) is 0 Å². The molecule has 0 aromatic rings. The summed E-state index contributed by atoms with van der Waals surface area (Å²) < 4.78 is 1.41. The van der Waals surface area contributed by atoms with Crippen molar-refractivity contribution in [2.24, 2.45) is 0 Å². The van der Waals surface area contributed by atoms with Crippen LogP contribution < -0.4 is 0 Å². The molecule has 26 heavy (non-hydrogen) atoms. The summed E-state index contributed by atoms with van der Waals surface area (Å²) in [7, 11) is 0. The number of rotatable bonds is 8. The summed E-state index contributed by atoms with van der Waals surface area (Å²) >= 11 is 2.54. The Kier molecular flexibility index (Phi) is 51.3. The molecule has 0 amide bonds. The van der Waals surface area contributed by atoms with Crippen molar-refractivity contribution in [3.8, 4) is 0 Å². The molecule has 0 bridgehead atoms. The Morgan fingerprint density at radius 3 is 0.923 bits per heavy atom. The monoisotopic (exact) mass is 404 g/mol. The van der Waals surface area contributed by atoms with Crippen molar-refractivity contribution in [1.82, 2.24) is 0 Å². The standard InChI is InChI=1S/C5H5.4C4H10N.V/c1-2-4-5-3-1;4*1-3-5-4-2;/h1-3H,4H2;4*3-4H2,1-2H3;/q;4*-1;+4. The zero-order valence-electron chi connectivity index (χ0n) is 18.8. The second-order valence-corrected chi connectivity index (χ2v) is 5.61. The summed E-state index contributed by atoms with van der Waals surface area (Å²) in [5.41, 5.74) is 0. The van der Waals surface area contributed by atoms with Crippen LogP contribution in [0.5, 0.6) is 0 Å². The fraction of sp³-hybridized carbons (Fsp3) is 0.810. The molecule has 0 heterocycles. The van der Waals surface area contributed by atoms with Gasteiger partial charge in [0.2, 0.25) is 0 Å². The average molecular weight is 405 g/mol. The minimum atomic E-state index is 0.969. The van der Waals surface area contributed by atoms with Crippen molar-refractivity contribution in [1.29, 1.82) is 0 Å². The number of allylic oxidation sites excluding steroid dienone is 4. The van der Waals surface area contributed by atoms with Gasteiger partial charge in [0.05, 0.1) is 0 Å². The van der Waals surface area contributed by atoms with Gasteiger partial charge in [-0.3, -0.25) is 0 Å². The Labute approximate surface area is 175 Å². The molecule has 0 atom stereocenters. The Bertz CT molecular complexity index is 224. The second kappa shape index (κ2) is 39.8.